The van der Waals surface area contributed by atoms with Crippen LogP contribution in [-0.4, -0.2) is 35.1 Å². The minimum absolute atomic E-state index is 0.0859. The van der Waals surface area contributed by atoms with E-state index in [0.29, 0.717) is 17.8 Å². The summed E-state index contributed by atoms with van der Waals surface area (Å²) in [6.07, 6.45) is 2.69. The smallest absolute Gasteiger partial charge is 0.318 e. The predicted octanol–water partition coefficient (Wildman–Crippen LogP) is 0.846. The number of nitrogens with two attached hydrogens (primary N) is 2. The molecule has 1 amide bonds. The Morgan fingerprint density at radius 1 is 1.38 bits per heavy atom. The first-order chi connectivity index (χ1) is 12.3. The average molecular weight is 358 g/mol. The van der Waals surface area contributed by atoms with E-state index in [-0.39, 0.29) is 18.7 Å². The van der Waals surface area contributed by atoms with Gasteiger partial charge in [-0.1, -0.05) is 6.08 Å². The van der Waals surface area contributed by atoms with Crippen molar-refractivity contribution in [1.82, 2.24) is 0 Å². The van der Waals surface area contributed by atoms with Gasteiger partial charge in [0.2, 0.25) is 5.91 Å². The van der Waals surface area contributed by atoms with Gasteiger partial charge in [-0.05, 0) is 50.2 Å². The highest BCUT2D eigenvalue weighted by Gasteiger charge is 2.55. The topological polar surface area (TPSA) is 151 Å². The number of hydrogen-bond acceptors (Lipinski definition) is 5. The van der Waals surface area contributed by atoms with Gasteiger partial charge in [-0.15, -0.1) is 0 Å². The van der Waals surface area contributed by atoms with Gasteiger partial charge in [0.05, 0.1) is 5.92 Å². The Morgan fingerprint density at radius 2 is 2.00 bits per heavy atom. The van der Waals surface area contributed by atoms with E-state index in [0.717, 1.165) is 0 Å². The van der Waals surface area contributed by atoms with Gasteiger partial charge in [0.15, 0.2) is 0 Å². The van der Waals surface area contributed by atoms with E-state index in [2.05, 4.69) is 0 Å². The number of aliphatic carboxylic acids is 1. The molecule has 26 heavy (non-hydrogen) atoms. The SMILES string of the molecule is CC(=O)C(CC=CN)(C(=O)O)C1CCN(c2ccc(C(=N)N)cc2)C1=O. The van der Waals surface area contributed by atoms with Crippen LogP contribution < -0.4 is 16.4 Å². The molecule has 1 aromatic carbocycles. The van der Waals surface area contributed by atoms with E-state index >= 15 is 0 Å². The number of carbonyl (C=O) groups excluding carboxylic acids is 2. The standard InChI is InChI=1S/C18H22N4O4/c1-11(23)18(17(25)26,8-2-9-19)14-7-10-22(16(14)24)13-5-3-12(4-6-13)15(20)21/h2-6,9,14H,7-8,10,19H2,1H3,(H3,20,21)(H,25,26). The maximum Gasteiger partial charge on any atom is 0.318 e. The Balaban J connectivity index is 2.37. The van der Waals surface area contributed by atoms with Gasteiger partial charge in [0, 0.05) is 17.8 Å². The van der Waals surface area contributed by atoms with Crippen molar-refractivity contribution in [3.05, 3.63) is 42.1 Å². The first-order valence-electron chi connectivity index (χ1n) is 8.12. The molecule has 1 aliphatic heterocycles. The molecule has 0 aromatic heterocycles. The maximum absolute atomic E-state index is 12.9. The van der Waals surface area contributed by atoms with Crippen molar-refractivity contribution < 1.29 is 19.5 Å². The molecule has 2 rings (SSSR count). The molecule has 0 saturated carbocycles. The van der Waals surface area contributed by atoms with Crippen molar-refractivity contribution in [2.75, 3.05) is 11.4 Å². The molecule has 6 N–H and O–H groups in total. The summed E-state index contributed by atoms with van der Waals surface area (Å²) in [4.78, 5) is 38.6. The largest absolute Gasteiger partial charge is 0.480 e. The van der Waals surface area contributed by atoms with Crippen LogP contribution in [0.2, 0.25) is 0 Å². The molecule has 8 heteroatoms. The van der Waals surface area contributed by atoms with Gasteiger partial charge >= 0.3 is 5.97 Å². The van der Waals surface area contributed by atoms with E-state index < -0.39 is 29.0 Å². The van der Waals surface area contributed by atoms with Crippen molar-refractivity contribution in [2.45, 2.75) is 19.8 Å². The van der Waals surface area contributed by atoms with Gasteiger partial charge in [0.1, 0.15) is 17.0 Å². The minimum Gasteiger partial charge on any atom is -0.480 e. The lowest BCUT2D eigenvalue weighted by molar-refractivity contribution is -0.160. The third kappa shape index (κ3) is 3.17. The molecule has 0 spiro atoms. The van der Waals surface area contributed by atoms with Gasteiger partial charge < -0.3 is 21.5 Å². The number of carboxylic acid groups (broad SMARTS) is 1. The van der Waals surface area contributed by atoms with Gasteiger partial charge in [0.25, 0.3) is 0 Å². The van der Waals surface area contributed by atoms with Crippen molar-refractivity contribution >= 4 is 29.2 Å². The number of nitrogens with one attached hydrogen (secondary N) is 1. The minimum atomic E-state index is -1.83. The number of carboxylic acids is 1. The highest BCUT2D eigenvalue weighted by Crippen LogP contribution is 2.41. The van der Waals surface area contributed by atoms with E-state index in [1.165, 1.54) is 24.1 Å². The zero-order valence-corrected chi connectivity index (χ0v) is 14.4. The van der Waals surface area contributed by atoms with Crippen LogP contribution in [0.1, 0.15) is 25.3 Å². The lowest BCUT2D eigenvalue weighted by Crippen LogP contribution is -2.47. The van der Waals surface area contributed by atoms with Crippen LogP contribution in [0.4, 0.5) is 5.69 Å². The molecule has 0 aliphatic carbocycles. The Morgan fingerprint density at radius 3 is 2.46 bits per heavy atom. The summed E-state index contributed by atoms with van der Waals surface area (Å²) in [7, 11) is 0. The first-order valence-corrected chi connectivity index (χ1v) is 8.12. The van der Waals surface area contributed by atoms with Crippen LogP contribution in [0.25, 0.3) is 0 Å². The molecule has 1 heterocycles. The molecule has 138 valence electrons. The highest BCUT2D eigenvalue weighted by molar-refractivity contribution is 6.10. The maximum atomic E-state index is 12.9. The summed E-state index contributed by atoms with van der Waals surface area (Å²) in [5.74, 6) is -3.37. The number of rotatable bonds is 7. The number of nitrogens with zero attached hydrogens (tertiary/aromatic N) is 1. The molecule has 8 nitrogen and oxygen atoms in total. The Hall–Kier alpha value is -3.16. The molecule has 1 aliphatic rings. The zero-order chi connectivity index (χ0) is 19.5. The molecular formula is C18H22N4O4. The molecule has 0 bridgehead atoms. The molecule has 0 radical (unpaired) electrons. The first kappa shape index (κ1) is 19.2. The van der Waals surface area contributed by atoms with Crippen molar-refractivity contribution in [3.63, 3.8) is 0 Å². The Kier molecular flexibility index (Phi) is 5.44. The van der Waals surface area contributed by atoms with Crippen LogP contribution in [0.3, 0.4) is 0 Å². The number of benzene rings is 1. The fraction of sp³-hybridized carbons (Fsp3) is 0.333. The van der Waals surface area contributed by atoms with Crippen LogP contribution in [-0.2, 0) is 14.4 Å². The highest BCUT2D eigenvalue weighted by atomic mass is 16.4. The summed E-state index contributed by atoms with van der Waals surface area (Å²) in [5.41, 5.74) is 10.00. The van der Waals surface area contributed by atoms with Crippen LogP contribution >= 0.6 is 0 Å². The normalized spacial score (nSPS) is 19.5. The third-order valence-electron chi connectivity index (χ3n) is 4.88. The van der Waals surface area contributed by atoms with E-state index in [4.69, 9.17) is 16.9 Å². The summed E-state index contributed by atoms with van der Waals surface area (Å²) in [6, 6.07) is 6.52. The fourth-order valence-electron chi connectivity index (χ4n) is 3.39. The quantitative estimate of drug-likeness (QED) is 0.322. The van der Waals surface area contributed by atoms with E-state index in [1.54, 1.807) is 24.3 Å². The zero-order valence-electron chi connectivity index (χ0n) is 14.4. The summed E-state index contributed by atoms with van der Waals surface area (Å²) < 4.78 is 0. The van der Waals surface area contributed by atoms with E-state index in [9.17, 15) is 19.5 Å². The van der Waals surface area contributed by atoms with Gasteiger partial charge in [-0.25, -0.2) is 0 Å². The number of amidine groups is 1. The third-order valence-corrected chi connectivity index (χ3v) is 4.88. The lowest BCUT2D eigenvalue weighted by atomic mass is 9.69. The summed E-state index contributed by atoms with van der Waals surface area (Å²) in [6.45, 7) is 1.49. The molecule has 1 saturated heterocycles. The second-order valence-electron chi connectivity index (χ2n) is 6.26. The van der Waals surface area contributed by atoms with Gasteiger partial charge in [-0.3, -0.25) is 19.8 Å². The lowest BCUT2D eigenvalue weighted by Gasteiger charge is -2.30. The second kappa shape index (κ2) is 7.38. The number of hydrogen-bond donors (Lipinski definition) is 4. The monoisotopic (exact) mass is 358 g/mol. The van der Waals surface area contributed by atoms with Crippen molar-refractivity contribution in [1.29, 1.82) is 5.41 Å². The van der Waals surface area contributed by atoms with Crippen molar-refractivity contribution in [3.8, 4) is 0 Å². The number of amides is 1. The molecule has 2 unspecified atom stereocenters. The Labute approximate surface area is 151 Å². The van der Waals surface area contributed by atoms with Crippen LogP contribution in [0.5, 0.6) is 0 Å². The average Bonchev–Trinajstić information content (AvgIpc) is 2.97. The van der Waals surface area contributed by atoms with Gasteiger partial charge in [-0.2, -0.15) is 0 Å². The number of ketones is 1. The number of allylic oxidation sites excluding steroid dienone is 1. The van der Waals surface area contributed by atoms with E-state index in [1.807, 2.05) is 0 Å². The fourth-order valence-corrected chi connectivity index (χ4v) is 3.39. The number of Topliss-reactive ketones (excluding diaryl/α,β-unsaturated/α-hetero) is 1. The predicted molar refractivity (Wildman–Crippen MR) is 96.6 cm³/mol. The summed E-state index contributed by atoms with van der Waals surface area (Å²) >= 11 is 0. The number of anilines is 1. The molecule has 1 fully saturated rings. The Bertz CT molecular complexity index is 756. The molecule has 1 aromatic rings. The summed E-state index contributed by atoms with van der Waals surface area (Å²) in [5, 5.41) is 17.2. The van der Waals surface area contributed by atoms with Crippen molar-refractivity contribution in [2.24, 2.45) is 22.8 Å². The molecular weight excluding hydrogens is 336 g/mol. The van der Waals surface area contributed by atoms with Crippen LogP contribution in [0, 0.1) is 16.7 Å². The molecule has 2 atom stereocenters. The number of carbonyl (C=O) groups is 3. The van der Waals surface area contributed by atoms with Crippen LogP contribution in [0.15, 0.2) is 36.5 Å². The second-order valence-corrected chi connectivity index (χ2v) is 6.26. The number of nitrogen functional groups attached to an aromatic ring is 1.